The molecule has 0 bridgehead atoms. The quantitative estimate of drug-likeness (QED) is 0.676. The smallest absolute Gasteiger partial charge is 0.257 e. The lowest BCUT2D eigenvalue weighted by Crippen LogP contribution is -2.17. The fourth-order valence-electron chi connectivity index (χ4n) is 3.35. The first-order valence-electron chi connectivity index (χ1n) is 9.61. The molecule has 29 heavy (non-hydrogen) atoms. The lowest BCUT2D eigenvalue weighted by molar-refractivity contribution is 0.102. The maximum atomic E-state index is 12.5. The summed E-state index contributed by atoms with van der Waals surface area (Å²) in [5.41, 5.74) is 3.77. The van der Waals surface area contributed by atoms with E-state index < -0.39 is 0 Å². The highest BCUT2D eigenvalue weighted by Crippen LogP contribution is 2.22. The molecule has 0 saturated carbocycles. The summed E-state index contributed by atoms with van der Waals surface area (Å²) in [6, 6.07) is 20.6. The van der Waals surface area contributed by atoms with Gasteiger partial charge in [0.05, 0.1) is 17.2 Å². The predicted molar refractivity (Wildman–Crippen MR) is 115 cm³/mol. The number of aromatic nitrogens is 1. The summed E-state index contributed by atoms with van der Waals surface area (Å²) < 4.78 is 0. The van der Waals surface area contributed by atoms with Crippen molar-refractivity contribution >= 4 is 28.8 Å². The molecule has 1 amide bonds. The molecule has 0 spiro atoms. The third-order valence-corrected chi connectivity index (χ3v) is 4.89. The van der Waals surface area contributed by atoms with Crippen LogP contribution in [-0.4, -0.2) is 24.0 Å². The lowest BCUT2D eigenvalue weighted by atomic mass is 10.2. The highest BCUT2D eigenvalue weighted by molar-refractivity contribution is 6.04. The molecule has 1 aromatic heterocycles. The van der Waals surface area contributed by atoms with Crippen LogP contribution in [0.25, 0.3) is 0 Å². The first-order valence-corrected chi connectivity index (χ1v) is 9.61. The van der Waals surface area contributed by atoms with Gasteiger partial charge in [0.25, 0.3) is 5.91 Å². The third-order valence-electron chi connectivity index (χ3n) is 4.89. The fourth-order valence-corrected chi connectivity index (χ4v) is 3.35. The molecule has 0 aliphatic carbocycles. The fraction of sp³-hybridized carbons (Fsp3) is 0.174. The molecule has 6 nitrogen and oxygen atoms in total. The molecule has 1 saturated heterocycles. The Morgan fingerprint density at radius 3 is 2.48 bits per heavy atom. The summed E-state index contributed by atoms with van der Waals surface area (Å²) >= 11 is 0. The molecule has 6 heteroatoms. The van der Waals surface area contributed by atoms with Crippen molar-refractivity contribution in [1.82, 2.24) is 4.98 Å². The zero-order valence-electron chi connectivity index (χ0n) is 15.9. The van der Waals surface area contributed by atoms with Crippen molar-refractivity contribution in [1.29, 1.82) is 5.26 Å². The molecule has 144 valence electrons. The molecule has 4 rings (SSSR count). The minimum Gasteiger partial charge on any atom is -0.372 e. The number of rotatable bonds is 5. The van der Waals surface area contributed by atoms with Crippen LogP contribution in [0.1, 0.15) is 28.8 Å². The highest BCUT2D eigenvalue weighted by Gasteiger charge is 2.12. The topological polar surface area (TPSA) is 81.0 Å². The molecule has 1 aliphatic heterocycles. The molecular weight excluding hydrogens is 362 g/mol. The van der Waals surface area contributed by atoms with Crippen LogP contribution in [0.5, 0.6) is 0 Å². The number of pyridine rings is 1. The SMILES string of the molecule is N#Cc1cccc(Nc2ccc(C(=O)Nc3ccc(N4CCCC4)cc3)cn2)c1. The second kappa shape index (κ2) is 8.44. The Labute approximate surface area is 169 Å². The molecule has 2 heterocycles. The Kier molecular flexibility index (Phi) is 5.39. The van der Waals surface area contributed by atoms with Crippen molar-refractivity contribution in [2.75, 3.05) is 28.6 Å². The summed E-state index contributed by atoms with van der Waals surface area (Å²) in [5, 5.41) is 15.0. The molecule has 1 fully saturated rings. The van der Waals surface area contributed by atoms with E-state index in [1.807, 2.05) is 30.3 Å². The molecule has 0 atom stereocenters. The van der Waals surface area contributed by atoms with Crippen LogP contribution < -0.4 is 15.5 Å². The maximum Gasteiger partial charge on any atom is 0.257 e. The Hall–Kier alpha value is -3.85. The highest BCUT2D eigenvalue weighted by atomic mass is 16.1. The van der Waals surface area contributed by atoms with E-state index in [1.54, 1.807) is 30.3 Å². The largest absolute Gasteiger partial charge is 0.372 e. The average Bonchev–Trinajstić information content (AvgIpc) is 3.30. The van der Waals surface area contributed by atoms with E-state index in [0.29, 0.717) is 16.9 Å². The van der Waals surface area contributed by atoms with Crippen LogP contribution in [0.4, 0.5) is 22.9 Å². The van der Waals surface area contributed by atoms with Gasteiger partial charge in [-0.3, -0.25) is 4.79 Å². The predicted octanol–water partition coefficient (Wildman–Crippen LogP) is 4.55. The minimum absolute atomic E-state index is 0.204. The van der Waals surface area contributed by atoms with E-state index >= 15 is 0 Å². The second-order valence-electron chi connectivity index (χ2n) is 6.94. The van der Waals surface area contributed by atoms with Crippen LogP contribution in [0.15, 0.2) is 66.9 Å². The van der Waals surface area contributed by atoms with Crippen molar-refractivity contribution in [3.8, 4) is 6.07 Å². The molecule has 2 aromatic carbocycles. The van der Waals surface area contributed by atoms with E-state index in [-0.39, 0.29) is 5.91 Å². The molecular formula is C23H21N5O. The minimum atomic E-state index is -0.204. The van der Waals surface area contributed by atoms with Crippen molar-refractivity contribution in [3.63, 3.8) is 0 Å². The zero-order chi connectivity index (χ0) is 20.1. The first-order chi connectivity index (χ1) is 14.2. The Bertz CT molecular complexity index is 1030. The van der Waals surface area contributed by atoms with Crippen LogP contribution in [0.3, 0.4) is 0 Å². The summed E-state index contributed by atoms with van der Waals surface area (Å²) in [7, 11) is 0. The van der Waals surface area contributed by atoms with Crippen LogP contribution in [0.2, 0.25) is 0 Å². The van der Waals surface area contributed by atoms with E-state index in [0.717, 1.165) is 24.5 Å². The number of carbonyl (C=O) groups excluding carboxylic acids is 1. The number of nitrogens with zero attached hydrogens (tertiary/aromatic N) is 3. The monoisotopic (exact) mass is 383 g/mol. The van der Waals surface area contributed by atoms with Gasteiger partial charge in [-0.05, 0) is 67.4 Å². The van der Waals surface area contributed by atoms with Crippen molar-refractivity contribution in [3.05, 3.63) is 78.0 Å². The molecule has 0 radical (unpaired) electrons. The molecule has 3 aromatic rings. The number of hydrogen-bond acceptors (Lipinski definition) is 5. The summed E-state index contributed by atoms with van der Waals surface area (Å²) in [4.78, 5) is 19.1. The molecule has 2 N–H and O–H groups in total. The van der Waals surface area contributed by atoms with E-state index in [1.165, 1.54) is 24.7 Å². The van der Waals surface area contributed by atoms with Gasteiger partial charge in [0.15, 0.2) is 0 Å². The number of nitriles is 1. The van der Waals surface area contributed by atoms with E-state index in [9.17, 15) is 4.79 Å². The van der Waals surface area contributed by atoms with E-state index in [2.05, 4.69) is 26.6 Å². The van der Waals surface area contributed by atoms with Crippen molar-refractivity contribution in [2.24, 2.45) is 0 Å². The molecule has 1 aliphatic rings. The van der Waals surface area contributed by atoms with Crippen LogP contribution in [0, 0.1) is 11.3 Å². The van der Waals surface area contributed by atoms with Gasteiger partial charge in [-0.2, -0.15) is 5.26 Å². The standard InChI is InChI=1S/C23H21N5O/c24-15-17-4-3-5-20(14-17)26-22-11-6-18(16-25-22)23(29)27-19-7-9-21(10-8-19)28-12-1-2-13-28/h3-11,14,16H,1-2,12-13H2,(H,25,26)(H,27,29). The number of carbonyl (C=O) groups is 1. The van der Waals surface area contributed by atoms with Crippen molar-refractivity contribution in [2.45, 2.75) is 12.8 Å². The number of benzene rings is 2. The second-order valence-corrected chi connectivity index (χ2v) is 6.94. The number of nitrogens with one attached hydrogen (secondary N) is 2. The Morgan fingerprint density at radius 1 is 1.00 bits per heavy atom. The van der Waals surface area contributed by atoms with Gasteiger partial charge < -0.3 is 15.5 Å². The van der Waals surface area contributed by atoms with Gasteiger partial charge in [0.1, 0.15) is 5.82 Å². The Morgan fingerprint density at radius 2 is 1.79 bits per heavy atom. The van der Waals surface area contributed by atoms with Gasteiger partial charge in [0, 0.05) is 36.3 Å². The van der Waals surface area contributed by atoms with Gasteiger partial charge in [-0.1, -0.05) is 6.07 Å². The van der Waals surface area contributed by atoms with E-state index in [4.69, 9.17) is 5.26 Å². The zero-order valence-corrected chi connectivity index (χ0v) is 15.9. The normalized spacial score (nSPS) is 13.0. The Balaban J connectivity index is 1.38. The van der Waals surface area contributed by atoms with Gasteiger partial charge in [-0.15, -0.1) is 0 Å². The van der Waals surface area contributed by atoms with Gasteiger partial charge in [0.2, 0.25) is 0 Å². The maximum absolute atomic E-state index is 12.5. The van der Waals surface area contributed by atoms with Crippen LogP contribution >= 0.6 is 0 Å². The summed E-state index contributed by atoms with van der Waals surface area (Å²) in [6.45, 7) is 2.19. The summed E-state index contributed by atoms with van der Waals surface area (Å²) in [6.07, 6.45) is 4.00. The van der Waals surface area contributed by atoms with Crippen molar-refractivity contribution < 1.29 is 4.79 Å². The van der Waals surface area contributed by atoms with Gasteiger partial charge >= 0.3 is 0 Å². The van der Waals surface area contributed by atoms with Gasteiger partial charge in [-0.25, -0.2) is 4.98 Å². The lowest BCUT2D eigenvalue weighted by Gasteiger charge is -2.17. The van der Waals surface area contributed by atoms with Crippen LogP contribution in [-0.2, 0) is 0 Å². The molecule has 0 unspecified atom stereocenters. The third kappa shape index (κ3) is 4.53. The number of anilines is 4. The number of hydrogen-bond donors (Lipinski definition) is 2. The average molecular weight is 383 g/mol. The first kappa shape index (κ1) is 18.5. The number of amides is 1. The summed E-state index contributed by atoms with van der Waals surface area (Å²) in [5.74, 6) is 0.399.